The summed E-state index contributed by atoms with van der Waals surface area (Å²) in [5.74, 6) is 0. The molecule has 12 aromatic rings. The molecule has 2 nitrogen and oxygen atoms in total. The molecule has 0 atom stereocenters. The lowest BCUT2D eigenvalue weighted by Crippen LogP contribution is -2.09. The van der Waals surface area contributed by atoms with Gasteiger partial charge in [-0.3, -0.25) is 0 Å². The first-order chi connectivity index (χ1) is 31.7. The van der Waals surface area contributed by atoms with E-state index in [1.165, 1.54) is 54.9 Å². The Bertz CT molecular complexity index is 3510. The number of nitrogens with zero attached hydrogens (tertiary/aromatic N) is 1. The van der Waals surface area contributed by atoms with E-state index >= 15 is 0 Å². The van der Waals surface area contributed by atoms with Crippen molar-refractivity contribution in [3.05, 3.63) is 249 Å². The predicted octanol–water partition coefficient (Wildman–Crippen LogP) is 17.7. The Morgan fingerprint density at radius 3 is 1.06 bits per heavy atom. The van der Waals surface area contributed by atoms with Gasteiger partial charge in [-0.25, -0.2) is 0 Å². The third-order valence-electron chi connectivity index (χ3n) is 12.7. The highest BCUT2D eigenvalue weighted by Gasteiger charge is 2.20. The molecule has 1 aromatic heterocycles. The van der Waals surface area contributed by atoms with Gasteiger partial charge in [0, 0.05) is 33.2 Å². The highest BCUT2D eigenvalue weighted by atomic mass is 16.3. The second-order valence-corrected chi connectivity index (χ2v) is 16.4. The molecule has 12 rings (SSSR count). The summed E-state index contributed by atoms with van der Waals surface area (Å²) in [6.07, 6.45) is 0. The van der Waals surface area contributed by atoms with E-state index in [4.69, 9.17) is 4.42 Å². The number of hydrogen-bond donors (Lipinski definition) is 0. The molecule has 0 radical (unpaired) electrons. The number of anilines is 3. The molecule has 0 unspecified atom stereocenters. The van der Waals surface area contributed by atoms with Crippen LogP contribution >= 0.6 is 0 Å². The van der Waals surface area contributed by atoms with Crippen molar-refractivity contribution in [1.29, 1.82) is 0 Å². The molecule has 0 N–H and O–H groups in total. The summed E-state index contributed by atoms with van der Waals surface area (Å²) in [6, 6.07) is 89.3. The maximum absolute atomic E-state index is 6.93. The molecule has 0 amide bonds. The SMILES string of the molecule is c1ccc(-c2ccc(N(c3ccc(-c4ccccc4)cc3)c3ccc(-c4ccc(-c5cc(-c6ccccc6)c6c(c5)oc5c7ccccc7c7ccccc7c56)cc4)cc3)cc2)cc1. The van der Waals surface area contributed by atoms with Gasteiger partial charge in [0.25, 0.3) is 0 Å². The molecule has 300 valence electrons. The van der Waals surface area contributed by atoms with Crippen LogP contribution in [-0.2, 0) is 0 Å². The van der Waals surface area contributed by atoms with Gasteiger partial charge in [-0.15, -0.1) is 0 Å². The summed E-state index contributed by atoms with van der Waals surface area (Å²) in [5, 5.41) is 7.10. The van der Waals surface area contributed by atoms with Crippen LogP contribution in [0.5, 0.6) is 0 Å². The van der Waals surface area contributed by atoms with Gasteiger partial charge in [0.05, 0.1) is 0 Å². The molecule has 11 aromatic carbocycles. The summed E-state index contributed by atoms with van der Waals surface area (Å²) in [4.78, 5) is 2.33. The number of fused-ring (bicyclic) bond motifs is 8. The van der Waals surface area contributed by atoms with Crippen LogP contribution in [0.2, 0.25) is 0 Å². The van der Waals surface area contributed by atoms with Gasteiger partial charge in [-0.2, -0.15) is 0 Å². The zero-order valence-corrected chi connectivity index (χ0v) is 35.0. The van der Waals surface area contributed by atoms with E-state index in [0.717, 1.165) is 61.3 Å². The molecule has 0 fully saturated rings. The second-order valence-electron chi connectivity index (χ2n) is 16.4. The van der Waals surface area contributed by atoms with Crippen LogP contribution in [0, 0.1) is 0 Å². The topological polar surface area (TPSA) is 16.4 Å². The van der Waals surface area contributed by atoms with E-state index in [2.05, 4.69) is 254 Å². The zero-order chi connectivity index (χ0) is 42.4. The summed E-state index contributed by atoms with van der Waals surface area (Å²) in [6.45, 7) is 0. The minimum Gasteiger partial charge on any atom is -0.455 e. The van der Waals surface area contributed by atoms with Gasteiger partial charge in [0.1, 0.15) is 11.2 Å². The van der Waals surface area contributed by atoms with E-state index < -0.39 is 0 Å². The lowest BCUT2D eigenvalue weighted by atomic mass is 9.91. The van der Waals surface area contributed by atoms with Gasteiger partial charge >= 0.3 is 0 Å². The fraction of sp³-hybridized carbons (Fsp3) is 0. The second kappa shape index (κ2) is 15.8. The maximum atomic E-state index is 6.93. The molecular formula is C62H41NO. The van der Waals surface area contributed by atoms with Gasteiger partial charge in [-0.05, 0) is 120 Å². The predicted molar refractivity (Wildman–Crippen MR) is 271 cm³/mol. The fourth-order valence-corrected chi connectivity index (χ4v) is 9.51. The Morgan fingerprint density at radius 2 is 0.594 bits per heavy atom. The fourth-order valence-electron chi connectivity index (χ4n) is 9.51. The molecule has 0 saturated heterocycles. The van der Waals surface area contributed by atoms with Crippen LogP contribution in [0.15, 0.2) is 253 Å². The first-order valence-electron chi connectivity index (χ1n) is 21.9. The third kappa shape index (κ3) is 6.61. The molecule has 0 bridgehead atoms. The molecule has 0 aliphatic carbocycles. The highest BCUT2D eigenvalue weighted by molar-refractivity contribution is 6.32. The van der Waals surface area contributed by atoms with Crippen molar-refractivity contribution in [2.45, 2.75) is 0 Å². The van der Waals surface area contributed by atoms with Crippen molar-refractivity contribution in [3.63, 3.8) is 0 Å². The van der Waals surface area contributed by atoms with Crippen LogP contribution in [0.3, 0.4) is 0 Å². The zero-order valence-electron chi connectivity index (χ0n) is 35.0. The Kier molecular flexibility index (Phi) is 9.20. The first-order valence-corrected chi connectivity index (χ1v) is 21.9. The van der Waals surface area contributed by atoms with Crippen molar-refractivity contribution in [2.75, 3.05) is 4.90 Å². The Balaban J connectivity index is 0.908. The van der Waals surface area contributed by atoms with Gasteiger partial charge in [0.2, 0.25) is 0 Å². The largest absolute Gasteiger partial charge is 0.455 e. The Labute approximate surface area is 372 Å². The molecule has 0 aliphatic heterocycles. The normalized spacial score (nSPS) is 11.4. The quantitative estimate of drug-likeness (QED) is 0.142. The molecule has 2 heteroatoms. The molecule has 0 spiro atoms. The van der Waals surface area contributed by atoms with Crippen molar-refractivity contribution >= 4 is 60.5 Å². The van der Waals surface area contributed by atoms with Gasteiger partial charge in [0.15, 0.2) is 0 Å². The molecule has 1 heterocycles. The maximum Gasteiger partial charge on any atom is 0.143 e. The molecule has 0 aliphatic rings. The summed E-state index contributed by atoms with van der Waals surface area (Å²) < 4.78 is 6.93. The lowest BCUT2D eigenvalue weighted by molar-refractivity contribution is 0.673. The number of hydrogen-bond acceptors (Lipinski definition) is 2. The van der Waals surface area contributed by atoms with Crippen LogP contribution in [0.4, 0.5) is 17.1 Å². The smallest absolute Gasteiger partial charge is 0.143 e. The van der Waals surface area contributed by atoms with Crippen LogP contribution in [-0.4, -0.2) is 0 Å². The monoisotopic (exact) mass is 815 g/mol. The molecule has 0 saturated carbocycles. The minimum atomic E-state index is 0.890. The highest BCUT2D eigenvalue weighted by Crippen LogP contribution is 2.46. The van der Waals surface area contributed by atoms with Gasteiger partial charge < -0.3 is 9.32 Å². The van der Waals surface area contributed by atoms with E-state index in [9.17, 15) is 0 Å². The minimum absolute atomic E-state index is 0.890. The van der Waals surface area contributed by atoms with Crippen molar-refractivity contribution in [3.8, 4) is 55.6 Å². The van der Waals surface area contributed by atoms with Crippen LogP contribution in [0.25, 0.3) is 99.1 Å². The Morgan fingerprint density at radius 1 is 0.250 bits per heavy atom. The first kappa shape index (κ1) is 37.3. The number of benzene rings is 11. The molecular weight excluding hydrogens is 775 g/mol. The van der Waals surface area contributed by atoms with Crippen LogP contribution < -0.4 is 4.90 Å². The number of rotatable bonds is 8. The Hall–Kier alpha value is -8.46. The van der Waals surface area contributed by atoms with Crippen molar-refractivity contribution in [2.24, 2.45) is 0 Å². The van der Waals surface area contributed by atoms with E-state index in [1.54, 1.807) is 0 Å². The number of furan rings is 1. The van der Waals surface area contributed by atoms with E-state index in [0.29, 0.717) is 0 Å². The van der Waals surface area contributed by atoms with Crippen molar-refractivity contribution in [1.82, 2.24) is 0 Å². The summed E-state index contributed by atoms with van der Waals surface area (Å²) in [5.41, 5.74) is 16.8. The van der Waals surface area contributed by atoms with E-state index in [1.807, 2.05) is 0 Å². The average molecular weight is 816 g/mol. The lowest BCUT2D eigenvalue weighted by Gasteiger charge is -2.26. The summed E-state index contributed by atoms with van der Waals surface area (Å²) >= 11 is 0. The molecule has 64 heavy (non-hydrogen) atoms. The summed E-state index contributed by atoms with van der Waals surface area (Å²) in [7, 11) is 0. The standard InChI is InChI=1S/C62H41NO/c1-4-14-42(15-5-1)45-28-34-51(35-29-45)63(52-36-30-46(31-37-52)43-16-6-2-7-17-43)53-38-32-47(33-39-53)44-24-26-48(27-25-44)50-40-58(49-18-8-3-9-19-49)60-59(41-50)64-62-57-23-13-11-21-55(57)54-20-10-12-22-56(54)61(60)62/h1-41H. The third-order valence-corrected chi connectivity index (χ3v) is 12.7. The van der Waals surface area contributed by atoms with Crippen molar-refractivity contribution < 1.29 is 4.42 Å². The van der Waals surface area contributed by atoms with Crippen LogP contribution in [0.1, 0.15) is 0 Å². The average Bonchev–Trinajstić information content (AvgIpc) is 3.78. The van der Waals surface area contributed by atoms with Gasteiger partial charge in [-0.1, -0.05) is 200 Å². The van der Waals surface area contributed by atoms with E-state index in [-0.39, 0.29) is 0 Å².